The van der Waals surface area contributed by atoms with Crippen LogP contribution in [0.1, 0.15) is 42.3 Å². The minimum absolute atomic E-state index is 0.250. The monoisotopic (exact) mass is 278 g/mol. The van der Waals surface area contributed by atoms with Gasteiger partial charge in [0.2, 0.25) is 0 Å². The van der Waals surface area contributed by atoms with E-state index in [2.05, 4.69) is 16.7 Å². The number of carbonyl (C=O) groups is 1. The molecular weight excluding hydrogens is 256 g/mol. The molecule has 2 unspecified atom stereocenters. The number of carbonyl (C=O) groups excluding carboxylic acids is 1. The minimum Gasteiger partial charge on any atom is -0.333 e. The molecule has 0 radical (unpaired) electrons. The summed E-state index contributed by atoms with van der Waals surface area (Å²) in [5, 5.41) is 1.99. The van der Waals surface area contributed by atoms with E-state index < -0.39 is 0 Å². The molecular formula is C15H22N2OS. The van der Waals surface area contributed by atoms with Gasteiger partial charge in [-0.1, -0.05) is 13.0 Å². The van der Waals surface area contributed by atoms with Crippen LogP contribution in [0.2, 0.25) is 0 Å². The summed E-state index contributed by atoms with van der Waals surface area (Å²) in [5.41, 5.74) is 0. The quantitative estimate of drug-likeness (QED) is 0.849. The van der Waals surface area contributed by atoms with Crippen LogP contribution in [0.5, 0.6) is 0 Å². The standard InChI is InChI=1S/C15H22N2OS/c1-2-16-9-3-6-12(16)13-7-4-10-17(13)15(18)14-8-5-11-19-14/h5,8,11-13H,2-4,6-7,9-10H2,1H3. The highest BCUT2D eigenvalue weighted by Gasteiger charge is 2.39. The van der Waals surface area contributed by atoms with E-state index in [9.17, 15) is 4.79 Å². The van der Waals surface area contributed by atoms with Gasteiger partial charge < -0.3 is 4.90 Å². The van der Waals surface area contributed by atoms with Gasteiger partial charge in [0.05, 0.1) is 4.88 Å². The molecule has 3 rings (SSSR count). The van der Waals surface area contributed by atoms with Crippen molar-refractivity contribution >= 4 is 17.2 Å². The van der Waals surface area contributed by atoms with E-state index >= 15 is 0 Å². The molecule has 1 amide bonds. The summed E-state index contributed by atoms with van der Waals surface area (Å²) in [6, 6.07) is 4.96. The Bertz CT molecular complexity index is 431. The molecule has 104 valence electrons. The molecule has 2 aliphatic heterocycles. The maximum atomic E-state index is 12.6. The lowest BCUT2D eigenvalue weighted by atomic mass is 10.0. The van der Waals surface area contributed by atoms with Gasteiger partial charge in [-0.3, -0.25) is 9.69 Å². The average Bonchev–Trinajstić information content (AvgIpc) is 3.16. The summed E-state index contributed by atoms with van der Waals surface area (Å²) >= 11 is 1.56. The second-order valence-corrected chi connectivity index (χ2v) is 6.47. The summed E-state index contributed by atoms with van der Waals surface area (Å²) in [6.07, 6.45) is 4.89. The van der Waals surface area contributed by atoms with Crippen LogP contribution in [0.15, 0.2) is 17.5 Å². The van der Waals surface area contributed by atoms with E-state index in [1.54, 1.807) is 11.3 Å². The van der Waals surface area contributed by atoms with E-state index in [-0.39, 0.29) is 5.91 Å². The molecule has 19 heavy (non-hydrogen) atoms. The number of rotatable bonds is 3. The first-order valence-corrected chi connectivity index (χ1v) is 8.27. The van der Waals surface area contributed by atoms with Crippen LogP contribution in [0, 0.1) is 0 Å². The summed E-state index contributed by atoms with van der Waals surface area (Å²) in [4.78, 5) is 18.2. The topological polar surface area (TPSA) is 23.6 Å². The van der Waals surface area contributed by atoms with Gasteiger partial charge in [0.15, 0.2) is 0 Å². The Morgan fingerprint density at radius 3 is 2.84 bits per heavy atom. The van der Waals surface area contributed by atoms with Gasteiger partial charge in [0.1, 0.15) is 0 Å². The van der Waals surface area contributed by atoms with Crippen LogP contribution in [-0.2, 0) is 0 Å². The van der Waals surface area contributed by atoms with Gasteiger partial charge in [-0.2, -0.15) is 0 Å². The molecule has 2 fully saturated rings. The molecule has 0 aromatic carbocycles. The molecule has 2 saturated heterocycles. The Hall–Kier alpha value is -0.870. The molecule has 3 heterocycles. The first-order valence-electron chi connectivity index (χ1n) is 7.39. The van der Waals surface area contributed by atoms with Crippen LogP contribution in [0.25, 0.3) is 0 Å². The lowest BCUT2D eigenvalue weighted by molar-refractivity contribution is 0.0655. The normalized spacial score (nSPS) is 28.2. The number of nitrogens with zero attached hydrogens (tertiary/aromatic N) is 2. The smallest absolute Gasteiger partial charge is 0.264 e. The van der Waals surface area contributed by atoms with Crippen molar-refractivity contribution in [2.75, 3.05) is 19.6 Å². The largest absolute Gasteiger partial charge is 0.333 e. The number of amides is 1. The molecule has 0 saturated carbocycles. The lowest BCUT2D eigenvalue weighted by Crippen LogP contribution is -2.48. The lowest BCUT2D eigenvalue weighted by Gasteiger charge is -2.34. The number of likely N-dealkylation sites (tertiary alicyclic amines) is 2. The van der Waals surface area contributed by atoms with Gasteiger partial charge in [-0.25, -0.2) is 0 Å². The molecule has 2 atom stereocenters. The first-order chi connectivity index (χ1) is 9.31. The van der Waals surface area contributed by atoms with Gasteiger partial charge in [-0.15, -0.1) is 11.3 Å². The molecule has 3 nitrogen and oxygen atoms in total. The fourth-order valence-electron chi connectivity index (χ4n) is 3.67. The minimum atomic E-state index is 0.250. The molecule has 0 spiro atoms. The molecule has 2 aliphatic rings. The van der Waals surface area contributed by atoms with Gasteiger partial charge in [0.25, 0.3) is 5.91 Å². The summed E-state index contributed by atoms with van der Waals surface area (Å²) in [5.74, 6) is 0.250. The van der Waals surface area contributed by atoms with Gasteiger partial charge in [-0.05, 0) is 50.2 Å². The van der Waals surface area contributed by atoms with E-state index in [1.165, 1.54) is 25.8 Å². The number of hydrogen-bond acceptors (Lipinski definition) is 3. The molecule has 1 aromatic heterocycles. The number of thiophene rings is 1. The third-order valence-electron chi connectivity index (χ3n) is 4.56. The average molecular weight is 278 g/mol. The number of likely N-dealkylation sites (N-methyl/N-ethyl adjacent to an activating group) is 1. The molecule has 0 N–H and O–H groups in total. The van der Waals surface area contributed by atoms with E-state index in [0.717, 1.165) is 24.4 Å². The predicted molar refractivity (Wildman–Crippen MR) is 78.6 cm³/mol. The van der Waals surface area contributed by atoms with Crippen LogP contribution < -0.4 is 0 Å². The summed E-state index contributed by atoms with van der Waals surface area (Å²) in [6.45, 7) is 5.50. The maximum absolute atomic E-state index is 12.6. The third kappa shape index (κ3) is 2.43. The van der Waals surface area contributed by atoms with E-state index in [1.807, 2.05) is 17.5 Å². The van der Waals surface area contributed by atoms with E-state index in [0.29, 0.717) is 12.1 Å². The van der Waals surface area contributed by atoms with Crippen LogP contribution in [0.3, 0.4) is 0 Å². The third-order valence-corrected chi connectivity index (χ3v) is 5.41. The molecule has 0 bridgehead atoms. The predicted octanol–water partition coefficient (Wildman–Crippen LogP) is 2.84. The highest BCUT2D eigenvalue weighted by molar-refractivity contribution is 7.12. The Morgan fingerprint density at radius 1 is 1.32 bits per heavy atom. The molecule has 0 aliphatic carbocycles. The highest BCUT2D eigenvalue weighted by Crippen LogP contribution is 2.31. The Kier molecular flexibility index (Phi) is 3.89. The SMILES string of the molecule is CCN1CCCC1C1CCCN1C(=O)c1cccs1. The van der Waals surface area contributed by atoms with Crippen molar-refractivity contribution in [3.63, 3.8) is 0 Å². The van der Waals surface area contributed by atoms with Crippen molar-refractivity contribution in [2.24, 2.45) is 0 Å². The zero-order valence-corrected chi connectivity index (χ0v) is 12.4. The van der Waals surface area contributed by atoms with Crippen molar-refractivity contribution < 1.29 is 4.79 Å². The molecule has 1 aromatic rings. The van der Waals surface area contributed by atoms with Crippen LogP contribution >= 0.6 is 11.3 Å². The Morgan fingerprint density at radius 2 is 2.11 bits per heavy atom. The number of hydrogen-bond donors (Lipinski definition) is 0. The Balaban J connectivity index is 1.76. The fourth-order valence-corrected chi connectivity index (χ4v) is 4.35. The highest BCUT2D eigenvalue weighted by atomic mass is 32.1. The second-order valence-electron chi connectivity index (χ2n) is 5.52. The second kappa shape index (κ2) is 5.63. The zero-order valence-electron chi connectivity index (χ0n) is 11.5. The van der Waals surface area contributed by atoms with Crippen molar-refractivity contribution in [3.8, 4) is 0 Å². The van der Waals surface area contributed by atoms with Gasteiger partial charge in [0, 0.05) is 18.6 Å². The zero-order chi connectivity index (χ0) is 13.2. The van der Waals surface area contributed by atoms with Crippen molar-refractivity contribution in [1.82, 2.24) is 9.80 Å². The maximum Gasteiger partial charge on any atom is 0.264 e. The van der Waals surface area contributed by atoms with Crippen molar-refractivity contribution in [2.45, 2.75) is 44.7 Å². The van der Waals surface area contributed by atoms with Gasteiger partial charge >= 0.3 is 0 Å². The summed E-state index contributed by atoms with van der Waals surface area (Å²) < 4.78 is 0. The summed E-state index contributed by atoms with van der Waals surface area (Å²) in [7, 11) is 0. The fraction of sp³-hybridized carbons (Fsp3) is 0.667. The van der Waals surface area contributed by atoms with Crippen molar-refractivity contribution in [1.29, 1.82) is 0 Å². The van der Waals surface area contributed by atoms with Crippen LogP contribution in [0.4, 0.5) is 0 Å². The van der Waals surface area contributed by atoms with Crippen molar-refractivity contribution in [3.05, 3.63) is 22.4 Å². The van der Waals surface area contributed by atoms with Crippen LogP contribution in [-0.4, -0.2) is 47.4 Å². The first kappa shape index (κ1) is 13.1. The Labute approximate surface area is 119 Å². The van der Waals surface area contributed by atoms with E-state index in [4.69, 9.17) is 0 Å². The molecule has 4 heteroatoms.